The van der Waals surface area contributed by atoms with Gasteiger partial charge in [0.05, 0.1) is 37.9 Å². The summed E-state index contributed by atoms with van der Waals surface area (Å²) >= 11 is 0. The lowest BCUT2D eigenvalue weighted by molar-refractivity contribution is 0.102. The third-order valence-corrected chi connectivity index (χ3v) is 8.02. The van der Waals surface area contributed by atoms with Crippen LogP contribution in [0.4, 0.5) is 5.69 Å². The Morgan fingerprint density at radius 2 is 1.50 bits per heavy atom. The second-order valence-electron chi connectivity index (χ2n) is 10.5. The number of carbonyl (C=O) groups is 1. The van der Waals surface area contributed by atoms with Crippen LogP contribution >= 0.6 is 0 Å². The molecule has 2 N–H and O–H groups in total. The highest BCUT2D eigenvalue weighted by atomic mass is 16.5. The third-order valence-electron chi connectivity index (χ3n) is 8.02. The van der Waals surface area contributed by atoms with Crippen LogP contribution in [0.25, 0.3) is 21.8 Å². The molecule has 0 bridgehead atoms. The molecule has 1 aliphatic heterocycles. The molecule has 8 nitrogen and oxygen atoms in total. The maximum Gasteiger partial charge on any atom is 0.257 e. The highest BCUT2D eigenvalue weighted by Gasteiger charge is 2.20. The molecule has 0 radical (unpaired) electrons. The van der Waals surface area contributed by atoms with E-state index in [1.165, 1.54) is 16.7 Å². The van der Waals surface area contributed by atoms with Crippen LogP contribution < -0.4 is 25.0 Å². The lowest BCUT2D eigenvalue weighted by Crippen LogP contribution is -2.32. The molecule has 8 heteroatoms. The van der Waals surface area contributed by atoms with Crippen molar-refractivity contribution < 1.29 is 19.0 Å². The number of fused-ring (bicyclic) bond motifs is 3. The first-order chi connectivity index (χ1) is 20.5. The van der Waals surface area contributed by atoms with E-state index in [0.717, 1.165) is 44.0 Å². The van der Waals surface area contributed by atoms with Crippen LogP contribution in [0.2, 0.25) is 0 Å². The summed E-state index contributed by atoms with van der Waals surface area (Å²) in [6.07, 6.45) is 1.87. The molecule has 0 unspecified atom stereocenters. The van der Waals surface area contributed by atoms with E-state index in [-0.39, 0.29) is 11.3 Å². The van der Waals surface area contributed by atoms with Gasteiger partial charge >= 0.3 is 0 Å². The zero-order valence-electron chi connectivity index (χ0n) is 24.0. The molecule has 1 aliphatic rings. The number of rotatable bonds is 8. The Bertz CT molecular complexity index is 1850. The van der Waals surface area contributed by atoms with Gasteiger partial charge in [-0.05, 0) is 78.1 Å². The number of benzene rings is 4. The van der Waals surface area contributed by atoms with Crippen molar-refractivity contribution in [3.63, 3.8) is 0 Å². The molecular weight excluding hydrogens is 529 g/mol. The normalized spacial score (nSPS) is 13.1. The largest absolute Gasteiger partial charge is 0.495 e. The second-order valence-corrected chi connectivity index (χ2v) is 10.5. The van der Waals surface area contributed by atoms with Crippen LogP contribution in [0.1, 0.15) is 27.0 Å². The number of H-pyrrole nitrogens is 1. The van der Waals surface area contributed by atoms with Gasteiger partial charge in [-0.2, -0.15) is 0 Å². The number of anilines is 1. The first-order valence-electron chi connectivity index (χ1n) is 14.0. The van der Waals surface area contributed by atoms with Gasteiger partial charge in [-0.1, -0.05) is 24.3 Å². The summed E-state index contributed by atoms with van der Waals surface area (Å²) in [4.78, 5) is 32.3. The molecule has 4 aromatic carbocycles. The quantitative estimate of drug-likeness (QED) is 0.241. The zero-order valence-corrected chi connectivity index (χ0v) is 24.0. The predicted octanol–water partition coefficient (Wildman–Crippen LogP) is 5.56. The van der Waals surface area contributed by atoms with Crippen LogP contribution in [-0.2, 0) is 19.4 Å². The number of nitrogens with one attached hydrogen (secondary N) is 2. The fourth-order valence-corrected chi connectivity index (χ4v) is 5.73. The summed E-state index contributed by atoms with van der Waals surface area (Å²) in [5, 5.41) is 3.96. The standard InChI is InChI=1S/C34H33N3O5/c1-40-28-9-5-7-26-32(28)36-31-25(33(26)38)6-4-8-27(31)34(39)35-24-12-10-21(11-13-24)14-16-37-17-15-22-18-29(41-2)30(42-3)19-23(22)20-37/h4-13,18-19H,14-17,20H2,1-3H3,(H,35,39)(H,36,38)/i1-1. The number of nitrogens with zero attached hydrogens (tertiary/aromatic N) is 1. The number of hydrogen-bond donors (Lipinski definition) is 2. The molecule has 5 aromatic rings. The highest BCUT2D eigenvalue weighted by molar-refractivity contribution is 6.13. The second kappa shape index (κ2) is 11.6. The fourth-order valence-electron chi connectivity index (χ4n) is 5.73. The summed E-state index contributed by atoms with van der Waals surface area (Å²) in [6.45, 7) is 2.79. The van der Waals surface area contributed by atoms with E-state index in [2.05, 4.69) is 27.3 Å². The molecule has 0 spiro atoms. The Kier molecular flexibility index (Phi) is 7.54. The van der Waals surface area contributed by atoms with E-state index in [1.54, 1.807) is 57.7 Å². The average Bonchev–Trinajstić information content (AvgIpc) is 3.03. The Morgan fingerprint density at radius 3 is 2.21 bits per heavy atom. The van der Waals surface area contributed by atoms with Crippen molar-refractivity contribution in [1.82, 2.24) is 9.88 Å². The number of carbonyl (C=O) groups excluding carboxylic acids is 1. The Hall–Kier alpha value is -4.82. The van der Waals surface area contributed by atoms with Crippen molar-refractivity contribution in [3.05, 3.63) is 105 Å². The Morgan fingerprint density at radius 1 is 0.833 bits per heavy atom. The van der Waals surface area contributed by atoms with Gasteiger partial charge < -0.3 is 24.5 Å². The molecule has 42 heavy (non-hydrogen) atoms. The maximum absolute atomic E-state index is 13.3. The summed E-state index contributed by atoms with van der Waals surface area (Å²) in [5.41, 5.74) is 5.76. The van der Waals surface area contributed by atoms with Crippen LogP contribution in [-0.4, -0.2) is 50.2 Å². The SMILES string of the molecule is COc1cc2c(cc1OC)CN(CCc1ccc(NC(=O)c3cccc4c(=O)c5cccc(O[11CH3])c5[nH]c34)cc1)CC2. The minimum atomic E-state index is -0.294. The van der Waals surface area contributed by atoms with Gasteiger partial charge in [-0.3, -0.25) is 14.5 Å². The van der Waals surface area contributed by atoms with Gasteiger partial charge in [0.25, 0.3) is 5.91 Å². The Balaban J connectivity index is 1.14. The molecule has 0 fully saturated rings. The molecule has 1 aromatic heterocycles. The van der Waals surface area contributed by atoms with Crippen molar-refractivity contribution in [3.8, 4) is 17.2 Å². The number of hydrogen-bond acceptors (Lipinski definition) is 6. The van der Waals surface area contributed by atoms with Crippen molar-refractivity contribution in [1.29, 1.82) is 0 Å². The van der Waals surface area contributed by atoms with Crippen LogP contribution in [0.5, 0.6) is 17.2 Å². The van der Waals surface area contributed by atoms with Gasteiger partial charge in [0.1, 0.15) is 5.75 Å². The van der Waals surface area contributed by atoms with E-state index in [9.17, 15) is 9.59 Å². The summed E-state index contributed by atoms with van der Waals surface area (Å²) in [7, 11) is 4.89. The lowest BCUT2D eigenvalue weighted by atomic mass is 9.98. The van der Waals surface area contributed by atoms with Crippen molar-refractivity contribution >= 4 is 33.4 Å². The minimum absolute atomic E-state index is 0.146. The molecule has 2 heterocycles. The predicted molar refractivity (Wildman–Crippen MR) is 165 cm³/mol. The monoisotopic (exact) mass is 562 g/mol. The molecule has 214 valence electrons. The number of amides is 1. The lowest BCUT2D eigenvalue weighted by Gasteiger charge is -2.29. The molecule has 6 rings (SSSR count). The van der Waals surface area contributed by atoms with Crippen molar-refractivity contribution in [2.75, 3.05) is 39.7 Å². The number of aromatic nitrogens is 1. The number of para-hydroxylation sites is 2. The number of methoxy groups -OCH3 is 3. The van der Waals surface area contributed by atoms with E-state index in [0.29, 0.717) is 38.8 Å². The van der Waals surface area contributed by atoms with Gasteiger partial charge in [0.2, 0.25) is 0 Å². The summed E-state index contributed by atoms with van der Waals surface area (Å²) in [5.74, 6) is 1.79. The number of ether oxygens (including phenoxy) is 3. The third kappa shape index (κ3) is 5.17. The van der Waals surface area contributed by atoms with E-state index in [1.807, 2.05) is 24.3 Å². The summed E-state index contributed by atoms with van der Waals surface area (Å²) in [6, 6.07) is 22.6. The Labute approximate surface area is 243 Å². The van der Waals surface area contributed by atoms with Crippen molar-refractivity contribution in [2.24, 2.45) is 0 Å². The van der Waals surface area contributed by atoms with Crippen LogP contribution in [0, 0.1) is 0 Å². The molecule has 0 saturated heterocycles. The van der Waals surface area contributed by atoms with Crippen LogP contribution in [0.3, 0.4) is 0 Å². The first kappa shape index (κ1) is 27.4. The van der Waals surface area contributed by atoms with Crippen molar-refractivity contribution in [2.45, 2.75) is 19.4 Å². The van der Waals surface area contributed by atoms with Gasteiger partial charge in [-0.25, -0.2) is 0 Å². The fraction of sp³-hybridized carbons (Fsp3) is 0.235. The molecule has 0 aliphatic carbocycles. The van der Waals surface area contributed by atoms with Gasteiger partial charge in [0.15, 0.2) is 16.9 Å². The minimum Gasteiger partial charge on any atom is -0.495 e. The topological polar surface area (TPSA) is 92.9 Å². The smallest absolute Gasteiger partial charge is 0.257 e. The molecule has 1 amide bonds. The maximum atomic E-state index is 13.3. The number of aromatic amines is 1. The van der Waals surface area contributed by atoms with Crippen LogP contribution in [0.15, 0.2) is 77.6 Å². The highest BCUT2D eigenvalue weighted by Crippen LogP contribution is 2.33. The van der Waals surface area contributed by atoms with E-state index in [4.69, 9.17) is 14.2 Å². The molecular formula is C34H33N3O5. The van der Waals surface area contributed by atoms with Gasteiger partial charge in [0, 0.05) is 36.1 Å². The zero-order chi connectivity index (χ0) is 29.2. The van der Waals surface area contributed by atoms with E-state index >= 15 is 0 Å². The average molecular weight is 563 g/mol. The summed E-state index contributed by atoms with van der Waals surface area (Å²) < 4.78 is 16.4. The molecule has 0 saturated carbocycles. The van der Waals surface area contributed by atoms with E-state index < -0.39 is 0 Å². The van der Waals surface area contributed by atoms with Gasteiger partial charge in [-0.15, -0.1) is 0 Å². The first-order valence-corrected chi connectivity index (χ1v) is 14.0. The molecule has 0 atom stereocenters. The number of pyridine rings is 1.